The van der Waals surface area contributed by atoms with Crippen LogP contribution in [-0.4, -0.2) is 24.2 Å². The quantitative estimate of drug-likeness (QED) is 0.833. The largest absolute Gasteiger partial charge is 0.346 e. The number of nitrogens with one attached hydrogen (secondary N) is 2. The summed E-state index contributed by atoms with van der Waals surface area (Å²) >= 11 is 8.55. The number of amides is 2. The summed E-state index contributed by atoms with van der Waals surface area (Å²) in [7, 11) is 0. The van der Waals surface area contributed by atoms with Crippen molar-refractivity contribution < 1.29 is 9.59 Å². The van der Waals surface area contributed by atoms with Gasteiger partial charge in [0.2, 0.25) is 11.8 Å². The van der Waals surface area contributed by atoms with E-state index >= 15 is 0 Å². The molecule has 6 heteroatoms. The van der Waals surface area contributed by atoms with Gasteiger partial charge in [-0.05, 0) is 18.2 Å². The predicted octanol–water partition coefficient (Wildman–Crippen LogP) is 1.74. The molecule has 1 aromatic rings. The van der Waals surface area contributed by atoms with E-state index in [0.29, 0.717) is 5.69 Å². The molecule has 0 radical (unpaired) electrons. The van der Waals surface area contributed by atoms with Gasteiger partial charge in [0.1, 0.15) is 5.88 Å². The molecule has 0 aromatic heterocycles. The molecule has 16 heavy (non-hydrogen) atoms. The van der Waals surface area contributed by atoms with E-state index in [1.165, 1.54) is 0 Å². The molecule has 2 N–H and O–H groups in total. The number of benzene rings is 1. The van der Waals surface area contributed by atoms with Gasteiger partial charge in [0.15, 0.2) is 0 Å². The van der Waals surface area contributed by atoms with Crippen LogP contribution in [0.5, 0.6) is 0 Å². The summed E-state index contributed by atoms with van der Waals surface area (Å²) in [5, 5.41) is 5.01. The van der Waals surface area contributed by atoms with Crippen LogP contribution in [0.2, 0.25) is 0 Å². The molecule has 0 heterocycles. The Kier molecular flexibility index (Phi) is 5.28. The first-order valence-electron chi connectivity index (χ1n) is 4.50. The van der Waals surface area contributed by atoms with E-state index in [2.05, 4.69) is 26.6 Å². The van der Waals surface area contributed by atoms with Crippen LogP contribution < -0.4 is 10.6 Å². The van der Waals surface area contributed by atoms with Crippen LogP contribution in [0.3, 0.4) is 0 Å². The van der Waals surface area contributed by atoms with Crippen LogP contribution in [0.4, 0.5) is 5.69 Å². The molecular weight excluding hydrogens is 295 g/mol. The summed E-state index contributed by atoms with van der Waals surface area (Å²) in [5.74, 6) is -0.813. The number of anilines is 1. The maximum Gasteiger partial charge on any atom is 0.243 e. The number of alkyl halides is 1. The fraction of sp³-hybridized carbons (Fsp3) is 0.200. The van der Waals surface area contributed by atoms with Crippen LogP contribution in [-0.2, 0) is 9.59 Å². The summed E-state index contributed by atoms with van der Waals surface area (Å²) in [5.41, 5.74) is 0.666. The van der Waals surface area contributed by atoms with Crippen molar-refractivity contribution >= 4 is 45.0 Å². The molecule has 1 rings (SSSR count). The number of hydrogen-bond acceptors (Lipinski definition) is 2. The van der Waals surface area contributed by atoms with Gasteiger partial charge in [0.05, 0.1) is 6.54 Å². The molecule has 0 aliphatic carbocycles. The Morgan fingerprint density at radius 3 is 2.69 bits per heavy atom. The van der Waals surface area contributed by atoms with Crippen LogP contribution >= 0.6 is 27.5 Å². The zero-order valence-electron chi connectivity index (χ0n) is 8.30. The summed E-state index contributed by atoms with van der Waals surface area (Å²) in [6, 6.07) is 7.18. The second-order valence-corrected chi connectivity index (χ2v) is 4.15. The van der Waals surface area contributed by atoms with E-state index in [0.717, 1.165) is 4.47 Å². The average Bonchev–Trinajstić information content (AvgIpc) is 2.26. The van der Waals surface area contributed by atoms with Gasteiger partial charge < -0.3 is 10.6 Å². The minimum Gasteiger partial charge on any atom is -0.346 e. The zero-order chi connectivity index (χ0) is 12.0. The molecule has 2 amide bonds. The monoisotopic (exact) mass is 304 g/mol. The molecule has 1 aromatic carbocycles. The lowest BCUT2D eigenvalue weighted by Crippen LogP contribution is -2.33. The standard InChI is InChI=1S/C10H10BrClN2O2/c11-7-2-1-3-8(4-7)14-10(16)6-13-9(15)5-12/h1-4H,5-6H2,(H,13,15)(H,14,16). The third-order valence-corrected chi connectivity index (χ3v) is 2.41. The molecule has 0 saturated heterocycles. The first-order chi connectivity index (χ1) is 7.61. The van der Waals surface area contributed by atoms with Gasteiger partial charge in [-0.1, -0.05) is 22.0 Å². The predicted molar refractivity (Wildman–Crippen MR) is 66.5 cm³/mol. The third kappa shape index (κ3) is 4.63. The van der Waals surface area contributed by atoms with Gasteiger partial charge in [-0.25, -0.2) is 0 Å². The minimum atomic E-state index is -0.369. The lowest BCUT2D eigenvalue weighted by atomic mass is 10.3. The van der Waals surface area contributed by atoms with Gasteiger partial charge in [-0.2, -0.15) is 0 Å². The maximum absolute atomic E-state index is 11.4. The first-order valence-corrected chi connectivity index (χ1v) is 5.82. The number of carbonyl (C=O) groups excluding carboxylic acids is 2. The third-order valence-electron chi connectivity index (χ3n) is 1.68. The molecular formula is C10H10BrClN2O2. The van der Waals surface area contributed by atoms with E-state index in [9.17, 15) is 9.59 Å². The van der Waals surface area contributed by atoms with Crippen LogP contribution in [0.1, 0.15) is 0 Å². The van der Waals surface area contributed by atoms with Crippen molar-refractivity contribution in [3.63, 3.8) is 0 Å². The van der Waals surface area contributed by atoms with Gasteiger partial charge in [-0.3, -0.25) is 9.59 Å². The Balaban J connectivity index is 2.43. The fourth-order valence-corrected chi connectivity index (χ4v) is 1.49. The molecule has 0 atom stereocenters. The smallest absolute Gasteiger partial charge is 0.243 e. The highest BCUT2D eigenvalue weighted by Gasteiger charge is 2.04. The Labute approximate surface area is 106 Å². The Bertz CT molecular complexity index is 398. The van der Waals surface area contributed by atoms with Crippen LogP contribution in [0.15, 0.2) is 28.7 Å². The molecule has 0 aliphatic heterocycles. The van der Waals surface area contributed by atoms with Crippen molar-refractivity contribution in [3.8, 4) is 0 Å². The Hall–Kier alpha value is -1.07. The highest BCUT2D eigenvalue weighted by atomic mass is 79.9. The van der Waals surface area contributed by atoms with E-state index in [4.69, 9.17) is 11.6 Å². The van der Waals surface area contributed by atoms with Gasteiger partial charge in [-0.15, -0.1) is 11.6 Å². The van der Waals surface area contributed by atoms with Crippen LogP contribution in [0.25, 0.3) is 0 Å². The molecule has 0 unspecified atom stereocenters. The topological polar surface area (TPSA) is 58.2 Å². The van der Waals surface area contributed by atoms with Crippen molar-refractivity contribution in [2.24, 2.45) is 0 Å². The van der Waals surface area contributed by atoms with Crippen molar-refractivity contribution in [2.75, 3.05) is 17.7 Å². The van der Waals surface area contributed by atoms with Gasteiger partial charge >= 0.3 is 0 Å². The lowest BCUT2D eigenvalue weighted by molar-refractivity contribution is -0.122. The molecule has 0 spiro atoms. The lowest BCUT2D eigenvalue weighted by Gasteiger charge is -2.06. The Morgan fingerprint density at radius 1 is 1.31 bits per heavy atom. The van der Waals surface area contributed by atoms with E-state index in [1.807, 2.05) is 6.07 Å². The summed E-state index contributed by atoms with van der Waals surface area (Å²) in [6.45, 7) is -0.0853. The van der Waals surface area contributed by atoms with E-state index in [-0.39, 0.29) is 24.2 Å². The molecule has 4 nitrogen and oxygen atoms in total. The fourth-order valence-electron chi connectivity index (χ4n) is 0.998. The molecule has 0 aliphatic rings. The van der Waals surface area contributed by atoms with Crippen molar-refractivity contribution in [2.45, 2.75) is 0 Å². The number of rotatable bonds is 4. The zero-order valence-corrected chi connectivity index (χ0v) is 10.6. The van der Waals surface area contributed by atoms with E-state index < -0.39 is 0 Å². The van der Waals surface area contributed by atoms with Crippen LogP contribution in [0, 0.1) is 0 Å². The summed E-state index contributed by atoms with van der Waals surface area (Å²) < 4.78 is 0.870. The molecule has 0 saturated carbocycles. The first kappa shape index (κ1) is 13.0. The van der Waals surface area contributed by atoms with Gasteiger partial charge in [0, 0.05) is 10.2 Å². The Morgan fingerprint density at radius 2 is 2.06 bits per heavy atom. The minimum absolute atomic E-state index is 0.0853. The normalized spacial score (nSPS) is 9.62. The van der Waals surface area contributed by atoms with E-state index in [1.54, 1.807) is 18.2 Å². The van der Waals surface area contributed by atoms with Crippen molar-refractivity contribution in [3.05, 3.63) is 28.7 Å². The van der Waals surface area contributed by atoms with Crippen molar-refractivity contribution in [1.82, 2.24) is 5.32 Å². The summed E-state index contributed by atoms with van der Waals surface area (Å²) in [6.07, 6.45) is 0. The number of halogens is 2. The highest BCUT2D eigenvalue weighted by molar-refractivity contribution is 9.10. The average molecular weight is 306 g/mol. The second kappa shape index (κ2) is 6.50. The van der Waals surface area contributed by atoms with Crippen molar-refractivity contribution in [1.29, 1.82) is 0 Å². The van der Waals surface area contributed by atoms with Gasteiger partial charge in [0.25, 0.3) is 0 Å². The number of hydrogen-bond donors (Lipinski definition) is 2. The molecule has 86 valence electrons. The number of carbonyl (C=O) groups is 2. The summed E-state index contributed by atoms with van der Waals surface area (Å²) in [4.78, 5) is 22.2. The highest BCUT2D eigenvalue weighted by Crippen LogP contribution is 2.15. The SMILES string of the molecule is O=C(CCl)NCC(=O)Nc1cccc(Br)c1. The second-order valence-electron chi connectivity index (χ2n) is 2.97. The molecule has 0 bridgehead atoms. The molecule has 0 fully saturated rings. The maximum atomic E-state index is 11.4.